The molecule has 3 rings (SSSR count). The van der Waals surface area contributed by atoms with Gasteiger partial charge in [0.15, 0.2) is 0 Å². The first-order valence-corrected chi connectivity index (χ1v) is 6.93. The summed E-state index contributed by atoms with van der Waals surface area (Å²) in [6.45, 7) is 0. The van der Waals surface area contributed by atoms with E-state index in [1.165, 1.54) is 12.8 Å². The fourth-order valence-electron chi connectivity index (χ4n) is 4.25. The highest BCUT2D eigenvalue weighted by Gasteiger charge is 2.36. The third-order valence-electron chi connectivity index (χ3n) is 5.40. The van der Waals surface area contributed by atoms with Crippen molar-refractivity contribution in [3.63, 3.8) is 0 Å². The van der Waals surface area contributed by atoms with Crippen LogP contribution in [0.5, 0.6) is 0 Å². The predicted octanol–water partition coefficient (Wildman–Crippen LogP) is 4.39. The van der Waals surface area contributed by atoms with Crippen LogP contribution in [-0.4, -0.2) is 0 Å². The molecule has 0 saturated heterocycles. The molecular weight excluding hydrogens is 168 g/mol. The van der Waals surface area contributed by atoms with Crippen LogP contribution < -0.4 is 0 Å². The van der Waals surface area contributed by atoms with E-state index < -0.39 is 0 Å². The smallest absolute Gasteiger partial charge is 0.0383 e. The summed E-state index contributed by atoms with van der Waals surface area (Å²) in [5, 5.41) is 0. The van der Waals surface area contributed by atoms with Crippen LogP contribution in [0.2, 0.25) is 0 Å². The Morgan fingerprint density at radius 1 is 0.429 bits per heavy atom. The summed E-state index contributed by atoms with van der Waals surface area (Å²) < 4.78 is 0. The monoisotopic (exact) mass is 192 g/mol. The molecule has 3 atom stereocenters. The highest BCUT2D eigenvalue weighted by atomic mass is 14.4. The largest absolute Gasteiger partial charge is 0.0530 e. The van der Waals surface area contributed by atoms with Crippen LogP contribution in [-0.2, 0) is 0 Å². The Bertz CT molecular complexity index is 192. The Morgan fingerprint density at radius 3 is 1.64 bits per heavy atom. The molecule has 0 amide bonds. The Balaban J connectivity index is 1.59. The summed E-state index contributed by atoms with van der Waals surface area (Å²) in [6.07, 6.45) is 15.7. The number of rotatable bonds is 1. The third kappa shape index (κ3) is 1.61. The summed E-state index contributed by atoms with van der Waals surface area (Å²) in [5.74, 6) is 4.63. The van der Waals surface area contributed by atoms with Gasteiger partial charge in [0.05, 0.1) is 0 Å². The van der Waals surface area contributed by atoms with Gasteiger partial charge in [0.2, 0.25) is 0 Å². The van der Waals surface area contributed by atoms with Crippen LogP contribution in [0.25, 0.3) is 0 Å². The lowest BCUT2D eigenvalue weighted by molar-refractivity contribution is 0.0710. The first-order chi connectivity index (χ1) is 6.93. The molecule has 0 aromatic rings. The summed E-state index contributed by atoms with van der Waals surface area (Å²) in [4.78, 5) is 0. The van der Waals surface area contributed by atoms with Gasteiger partial charge in [-0.1, -0.05) is 44.9 Å². The topological polar surface area (TPSA) is 0 Å². The number of fused-ring (bicyclic) bond motifs is 1. The van der Waals surface area contributed by atoms with E-state index in [-0.39, 0.29) is 0 Å². The maximum atomic E-state index is 1.62. The van der Waals surface area contributed by atoms with Gasteiger partial charge in [-0.3, -0.25) is 0 Å². The fourth-order valence-corrected chi connectivity index (χ4v) is 4.25. The second-order valence-corrected chi connectivity index (χ2v) is 6.07. The first-order valence-electron chi connectivity index (χ1n) is 6.93. The van der Waals surface area contributed by atoms with Crippen LogP contribution in [0.1, 0.15) is 64.2 Å². The van der Waals surface area contributed by atoms with E-state index in [9.17, 15) is 0 Å². The summed E-state index contributed by atoms with van der Waals surface area (Å²) in [5.41, 5.74) is 0. The van der Waals surface area contributed by atoms with Gasteiger partial charge in [0, 0.05) is 0 Å². The Labute approximate surface area is 88.5 Å². The van der Waals surface area contributed by atoms with E-state index in [4.69, 9.17) is 0 Å². The standard InChI is InChI=1S/C14H24/c1-2-5-13-10-14(11-6-3-7-11)9-8-12(13)4-1/h11-14H,1-10H2. The minimum atomic E-state index is 1.15. The maximum absolute atomic E-state index is 1.62. The molecule has 3 unspecified atom stereocenters. The second kappa shape index (κ2) is 3.87. The molecule has 80 valence electrons. The van der Waals surface area contributed by atoms with Crippen LogP contribution in [0, 0.1) is 23.7 Å². The molecule has 0 aromatic carbocycles. The molecule has 3 aliphatic rings. The lowest BCUT2D eigenvalue weighted by Gasteiger charge is -2.44. The number of hydrogen-bond acceptors (Lipinski definition) is 0. The van der Waals surface area contributed by atoms with Crippen LogP contribution in [0.4, 0.5) is 0 Å². The molecule has 0 spiro atoms. The van der Waals surface area contributed by atoms with Gasteiger partial charge >= 0.3 is 0 Å². The molecular formula is C14H24. The fraction of sp³-hybridized carbons (Fsp3) is 1.00. The Kier molecular flexibility index (Phi) is 2.55. The van der Waals surface area contributed by atoms with Gasteiger partial charge in [0.1, 0.15) is 0 Å². The van der Waals surface area contributed by atoms with E-state index in [1.54, 1.807) is 51.4 Å². The normalized spacial score (nSPS) is 44.1. The van der Waals surface area contributed by atoms with Gasteiger partial charge in [-0.25, -0.2) is 0 Å². The molecule has 0 N–H and O–H groups in total. The zero-order valence-electron chi connectivity index (χ0n) is 9.38. The molecule has 3 fully saturated rings. The molecule has 0 bridgehead atoms. The molecule has 3 saturated carbocycles. The molecule has 14 heavy (non-hydrogen) atoms. The van der Waals surface area contributed by atoms with Crippen molar-refractivity contribution in [3.8, 4) is 0 Å². The van der Waals surface area contributed by atoms with E-state index in [2.05, 4.69) is 0 Å². The van der Waals surface area contributed by atoms with Gasteiger partial charge in [0.25, 0.3) is 0 Å². The molecule has 0 nitrogen and oxygen atoms in total. The average Bonchev–Trinajstić information content (AvgIpc) is 2.15. The predicted molar refractivity (Wildman–Crippen MR) is 60.1 cm³/mol. The number of hydrogen-bond donors (Lipinski definition) is 0. The minimum absolute atomic E-state index is 1.15. The van der Waals surface area contributed by atoms with E-state index in [1.807, 2.05) is 0 Å². The van der Waals surface area contributed by atoms with Crippen molar-refractivity contribution >= 4 is 0 Å². The van der Waals surface area contributed by atoms with Crippen molar-refractivity contribution in [2.45, 2.75) is 64.2 Å². The first kappa shape index (κ1) is 9.24. The average molecular weight is 192 g/mol. The zero-order valence-corrected chi connectivity index (χ0v) is 9.38. The van der Waals surface area contributed by atoms with Gasteiger partial charge in [-0.15, -0.1) is 0 Å². The molecule has 0 aliphatic heterocycles. The third-order valence-corrected chi connectivity index (χ3v) is 5.40. The SMILES string of the molecule is C1CCC2CC(C3CCC3)CCC2C1. The molecule has 0 radical (unpaired) electrons. The summed E-state index contributed by atoms with van der Waals surface area (Å²) in [7, 11) is 0. The van der Waals surface area contributed by atoms with E-state index in [0.29, 0.717) is 0 Å². The Morgan fingerprint density at radius 2 is 0.929 bits per heavy atom. The van der Waals surface area contributed by atoms with Crippen LogP contribution >= 0.6 is 0 Å². The van der Waals surface area contributed by atoms with Gasteiger partial charge < -0.3 is 0 Å². The van der Waals surface area contributed by atoms with Crippen molar-refractivity contribution in [1.29, 1.82) is 0 Å². The second-order valence-electron chi connectivity index (χ2n) is 6.07. The summed E-state index contributed by atoms with van der Waals surface area (Å²) in [6, 6.07) is 0. The quantitative estimate of drug-likeness (QED) is 0.578. The van der Waals surface area contributed by atoms with Crippen LogP contribution in [0.15, 0.2) is 0 Å². The van der Waals surface area contributed by atoms with E-state index >= 15 is 0 Å². The molecule has 0 heteroatoms. The summed E-state index contributed by atoms with van der Waals surface area (Å²) >= 11 is 0. The molecule has 3 aliphatic carbocycles. The van der Waals surface area contributed by atoms with Crippen molar-refractivity contribution in [3.05, 3.63) is 0 Å². The highest BCUT2D eigenvalue weighted by Crippen LogP contribution is 2.48. The molecule has 0 heterocycles. The molecule has 0 aromatic heterocycles. The minimum Gasteiger partial charge on any atom is -0.0530 e. The highest BCUT2D eigenvalue weighted by molar-refractivity contribution is 4.87. The lowest BCUT2D eigenvalue weighted by atomic mass is 9.62. The van der Waals surface area contributed by atoms with Crippen molar-refractivity contribution in [1.82, 2.24) is 0 Å². The van der Waals surface area contributed by atoms with E-state index in [0.717, 1.165) is 23.7 Å². The van der Waals surface area contributed by atoms with Crippen molar-refractivity contribution in [2.75, 3.05) is 0 Å². The van der Waals surface area contributed by atoms with Crippen molar-refractivity contribution < 1.29 is 0 Å². The van der Waals surface area contributed by atoms with Gasteiger partial charge in [-0.2, -0.15) is 0 Å². The Hall–Kier alpha value is 0. The van der Waals surface area contributed by atoms with Crippen molar-refractivity contribution in [2.24, 2.45) is 23.7 Å². The van der Waals surface area contributed by atoms with Crippen LogP contribution in [0.3, 0.4) is 0 Å². The van der Waals surface area contributed by atoms with Gasteiger partial charge in [-0.05, 0) is 42.9 Å². The zero-order chi connectivity index (χ0) is 9.38. The lowest BCUT2D eigenvalue weighted by Crippen LogP contribution is -2.33. The maximum Gasteiger partial charge on any atom is -0.0383 e.